The number of hydrazine groups is 1. The van der Waals surface area contributed by atoms with Crippen molar-refractivity contribution >= 4 is 29.1 Å². The highest BCUT2D eigenvalue weighted by Gasteiger charge is 2.37. The zero-order chi connectivity index (χ0) is 18.8. The highest BCUT2D eigenvalue weighted by molar-refractivity contribution is 7.13. The van der Waals surface area contributed by atoms with Gasteiger partial charge in [0, 0.05) is 17.8 Å². The van der Waals surface area contributed by atoms with E-state index >= 15 is 0 Å². The van der Waals surface area contributed by atoms with E-state index in [9.17, 15) is 14.9 Å². The summed E-state index contributed by atoms with van der Waals surface area (Å²) in [5.41, 5.74) is 13.0. The number of methoxy groups -OCH3 is 1. The van der Waals surface area contributed by atoms with E-state index in [-0.39, 0.29) is 22.9 Å². The van der Waals surface area contributed by atoms with Crippen molar-refractivity contribution in [1.82, 2.24) is 15.8 Å². The topological polar surface area (TPSA) is 150 Å². The molecule has 2 unspecified atom stereocenters. The summed E-state index contributed by atoms with van der Waals surface area (Å²) in [5.74, 6) is -1.87. The molecule has 1 aliphatic rings. The third-order valence-corrected chi connectivity index (χ3v) is 5.08. The van der Waals surface area contributed by atoms with Crippen LogP contribution in [0.4, 0.5) is 5.82 Å². The van der Waals surface area contributed by atoms with Crippen LogP contribution in [0, 0.1) is 11.3 Å². The molecule has 0 bridgehead atoms. The van der Waals surface area contributed by atoms with Gasteiger partial charge in [-0.2, -0.15) is 5.26 Å². The van der Waals surface area contributed by atoms with Gasteiger partial charge in [0.15, 0.2) is 0 Å². The number of anilines is 1. The molecule has 2 atom stereocenters. The summed E-state index contributed by atoms with van der Waals surface area (Å²) >= 11 is 1.21. The third kappa shape index (κ3) is 3.11. The first-order valence-electron chi connectivity index (χ1n) is 7.55. The van der Waals surface area contributed by atoms with E-state index in [1.807, 2.05) is 6.07 Å². The molecular weight excluding hydrogens is 358 g/mol. The van der Waals surface area contributed by atoms with Crippen molar-refractivity contribution in [2.45, 2.75) is 12.0 Å². The van der Waals surface area contributed by atoms with E-state index in [1.165, 1.54) is 29.9 Å². The molecule has 1 saturated heterocycles. The van der Waals surface area contributed by atoms with Crippen LogP contribution in [0.3, 0.4) is 0 Å². The highest BCUT2D eigenvalue weighted by Crippen LogP contribution is 2.34. The molecule has 5 N–H and O–H groups in total. The fourth-order valence-corrected chi connectivity index (χ4v) is 3.69. The van der Waals surface area contributed by atoms with Crippen LogP contribution in [0.2, 0.25) is 0 Å². The first kappa shape index (κ1) is 17.8. The second-order valence-electron chi connectivity index (χ2n) is 5.61. The third-order valence-electron chi connectivity index (χ3n) is 4.13. The SMILES string of the molecule is COC(=O)C1NNCC1c1cc(-c2cc(C(=O)O)cs2)nc(N)c1C#N. The number of nitrogens with zero attached hydrogens (tertiary/aromatic N) is 2. The van der Waals surface area contributed by atoms with Crippen molar-refractivity contribution in [2.75, 3.05) is 19.4 Å². The van der Waals surface area contributed by atoms with Crippen molar-refractivity contribution in [3.63, 3.8) is 0 Å². The van der Waals surface area contributed by atoms with Gasteiger partial charge in [-0.15, -0.1) is 11.3 Å². The second kappa shape index (κ2) is 7.09. The van der Waals surface area contributed by atoms with Crippen LogP contribution in [0.15, 0.2) is 17.5 Å². The smallest absolute Gasteiger partial charge is 0.336 e. The average molecular weight is 373 g/mol. The number of nitriles is 1. The van der Waals surface area contributed by atoms with E-state index in [1.54, 1.807) is 6.07 Å². The largest absolute Gasteiger partial charge is 0.478 e. The molecular formula is C16H15N5O4S. The van der Waals surface area contributed by atoms with Crippen molar-refractivity contribution in [3.05, 3.63) is 34.2 Å². The van der Waals surface area contributed by atoms with Crippen molar-refractivity contribution in [2.24, 2.45) is 0 Å². The van der Waals surface area contributed by atoms with Crippen LogP contribution in [-0.2, 0) is 9.53 Å². The van der Waals surface area contributed by atoms with Gasteiger partial charge in [-0.05, 0) is 17.7 Å². The molecule has 10 heteroatoms. The summed E-state index contributed by atoms with van der Waals surface area (Å²) in [6.07, 6.45) is 0. The van der Waals surface area contributed by atoms with Gasteiger partial charge in [-0.25, -0.2) is 15.2 Å². The van der Waals surface area contributed by atoms with Gasteiger partial charge in [-0.3, -0.25) is 10.2 Å². The number of nitrogen functional groups attached to an aromatic ring is 1. The molecule has 1 aliphatic heterocycles. The lowest BCUT2D eigenvalue weighted by Crippen LogP contribution is -2.39. The zero-order valence-corrected chi connectivity index (χ0v) is 14.5. The number of pyridine rings is 1. The predicted molar refractivity (Wildman–Crippen MR) is 93.3 cm³/mol. The summed E-state index contributed by atoms with van der Waals surface area (Å²) in [6, 6.07) is 4.52. The van der Waals surface area contributed by atoms with Crippen LogP contribution in [0.5, 0.6) is 0 Å². The Balaban J connectivity index is 2.09. The number of carbonyl (C=O) groups excluding carboxylic acids is 1. The summed E-state index contributed by atoms with van der Waals surface area (Å²) in [4.78, 5) is 27.9. The fraction of sp³-hybridized carbons (Fsp3) is 0.250. The Hall–Kier alpha value is -3.00. The van der Waals surface area contributed by atoms with Crippen LogP contribution >= 0.6 is 11.3 Å². The van der Waals surface area contributed by atoms with E-state index < -0.39 is 18.0 Å². The van der Waals surface area contributed by atoms with Gasteiger partial charge in [0.05, 0.1) is 28.8 Å². The lowest BCUT2D eigenvalue weighted by molar-refractivity contribution is -0.143. The van der Waals surface area contributed by atoms with Crippen molar-refractivity contribution < 1.29 is 19.4 Å². The highest BCUT2D eigenvalue weighted by atomic mass is 32.1. The maximum absolute atomic E-state index is 12.0. The molecule has 0 saturated carbocycles. The van der Waals surface area contributed by atoms with Crippen LogP contribution < -0.4 is 16.6 Å². The number of thiophene rings is 1. The van der Waals surface area contributed by atoms with Gasteiger partial charge in [0.2, 0.25) is 0 Å². The van der Waals surface area contributed by atoms with Crippen molar-refractivity contribution in [3.8, 4) is 16.6 Å². The van der Waals surface area contributed by atoms with E-state index in [0.717, 1.165) is 0 Å². The molecule has 2 aromatic rings. The van der Waals surface area contributed by atoms with E-state index in [4.69, 9.17) is 15.6 Å². The minimum absolute atomic E-state index is 0.0285. The summed E-state index contributed by atoms with van der Waals surface area (Å²) < 4.78 is 4.80. The molecule has 26 heavy (non-hydrogen) atoms. The zero-order valence-electron chi connectivity index (χ0n) is 13.6. The predicted octanol–water partition coefficient (Wildman–Crippen LogP) is 0.695. The number of nitrogens with one attached hydrogen (secondary N) is 2. The van der Waals surface area contributed by atoms with Gasteiger partial charge < -0.3 is 15.6 Å². The van der Waals surface area contributed by atoms with E-state index in [2.05, 4.69) is 15.8 Å². The van der Waals surface area contributed by atoms with Crippen molar-refractivity contribution in [1.29, 1.82) is 5.26 Å². The number of esters is 1. The van der Waals surface area contributed by atoms with Gasteiger partial charge in [0.25, 0.3) is 0 Å². The first-order valence-corrected chi connectivity index (χ1v) is 8.43. The normalized spacial score (nSPS) is 19.1. The van der Waals surface area contributed by atoms with Gasteiger partial charge in [-0.1, -0.05) is 0 Å². The molecule has 0 radical (unpaired) electrons. The molecule has 0 aromatic carbocycles. The average Bonchev–Trinajstić information content (AvgIpc) is 3.29. The Kier molecular flexibility index (Phi) is 4.85. The minimum Gasteiger partial charge on any atom is -0.478 e. The Morgan fingerprint density at radius 1 is 1.50 bits per heavy atom. The quantitative estimate of drug-likeness (QED) is 0.568. The number of nitrogens with two attached hydrogens (primary N) is 1. The number of aromatic carboxylic acids is 1. The Labute approximate surface area is 152 Å². The number of aromatic nitrogens is 1. The Bertz CT molecular complexity index is 920. The Morgan fingerprint density at radius 2 is 2.27 bits per heavy atom. The second-order valence-corrected chi connectivity index (χ2v) is 6.52. The lowest BCUT2D eigenvalue weighted by Gasteiger charge is -2.19. The minimum atomic E-state index is -1.04. The van der Waals surface area contributed by atoms with Gasteiger partial charge in [0.1, 0.15) is 17.9 Å². The molecule has 1 fully saturated rings. The molecule has 0 amide bonds. The molecule has 0 spiro atoms. The molecule has 3 heterocycles. The standard InChI is InChI=1S/C16H15N5O4S/c1-25-16(24)13-10(5-19-21-13)8-3-11(20-14(18)9(8)4-17)12-2-7(6-26-12)15(22)23/h2-3,6,10,13,19,21H,5H2,1H3,(H2,18,20)(H,22,23). The van der Waals surface area contributed by atoms with Crippen LogP contribution in [0.1, 0.15) is 27.4 Å². The van der Waals surface area contributed by atoms with Crippen LogP contribution in [-0.4, -0.2) is 41.7 Å². The summed E-state index contributed by atoms with van der Waals surface area (Å²) in [7, 11) is 1.29. The lowest BCUT2D eigenvalue weighted by atomic mass is 9.89. The maximum Gasteiger partial charge on any atom is 0.336 e. The first-order chi connectivity index (χ1) is 12.5. The molecule has 3 rings (SSSR count). The van der Waals surface area contributed by atoms with Gasteiger partial charge >= 0.3 is 11.9 Å². The molecule has 134 valence electrons. The molecule has 0 aliphatic carbocycles. The molecule has 9 nitrogen and oxygen atoms in total. The molecule has 2 aromatic heterocycles. The number of hydrogen-bond donors (Lipinski definition) is 4. The fourth-order valence-electron chi connectivity index (χ4n) is 2.85. The van der Waals surface area contributed by atoms with Crippen LogP contribution in [0.25, 0.3) is 10.6 Å². The van der Waals surface area contributed by atoms with E-state index in [0.29, 0.717) is 22.7 Å². The monoisotopic (exact) mass is 373 g/mol. The number of carboxylic acids is 1. The number of carboxylic acid groups (broad SMARTS) is 1. The number of carbonyl (C=O) groups is 2. The number of hydrogen-bond acceptors (Lipinski definition) is 9. The number of rotatable bonds is 4. The summed E-state index contributed by atoms with van der Waals surface area (Å²) in [5, 5.41) is 20.1. The Morgan fingerprint density at radius 3 is 2.88 bits per heavy atom. The summed E-state index contributed by atoms with van der Waals surface area (Å²) in [6.45, 7) is 0.391. The number of ether oxygens (including phenoxy) is 1. The maximum atomic E-state index is 12.0.